The van der Waals surface area contributed by atoms with Gasteiger partial charge in [-0.05, 0) is 42.5 Å². The first-order valence-electron chi connectivity index (χ1n) is 9.38. The Balaban J connectivity index is 1.51. The van der Waals surface area contributed by atoms with Gasteiger partial charge in [-0.15, -0.1) is 0 Å². The number of rotatable bonds is 6. The van der Waals surface area contributed by atoms with Crippen LogP contribution in [-0.2, 0) is 23.9 Å². The largest absolute Gasteiger partial charge is 0.421 e. The van der Waals surface area contributed by atoms with Gasteiger partial charge in [0.1, 0.15) is 11.4 Å². The highest BCUT2D eigenvalue weighted by atomic mass is 19.4. The summed E-state index contributed by atoms with van der Waals surface area (Å²) in [4.78, 5) is 21.0. The highest BCUT2D eigenvalue weighted by Crippen LogP contribution is 2.36. The zero-order valence-corrected chi connectivity index (χ0v) is 15.6. The molecule has 0 radical (unpaired) electrons. The number of anilines is 3. The number of hydrogen-bond acceptors (Lipinski definition) is 6. The van der Waals surface area contributed by atoms with Gasteiger partial charge >= 0.3 is 6.18 Å². The summed E-state index contributed by atoms with van der Waals surface area (Å²) in [5, 5.41) is 5.83. The minimum absolute atomic E-state index is 0.0333. The Hall–Kier alpha value is -2.88. The molecule has 0 unspecified atom stereocenters. The van der Waals surface area contributed by atoms with Crippen molar-refractivity contribution < 1.29 is 18.0 Å². The van der Waals surface area contributed by atoms with Crippen LogP contribution in [0.2, 0.25) is 0 Å². The molecule has 1 aliphatic heterocycles. The Bertz CT molecular complexity index is 929. The number of carbonyl (C=O) groups is 1. The van der Waals surface area contributed by atoms with E-state index in [2.05, 4.69) is 20.6 Å². The highest BCUT2D eigenvalue weighted by Gasteiger charge is 2.36. The number of nitrogens with two attached hydrogens (primary N) is 1. The van der Waals surface area contributed by atoms with Gasteiger partial charge in [-0.3, -0.25) is 9.69 Å². The molecule has 2 aliphatic rings. The molecule has 4 N–H and O–H groups in total. The van der Waals surface area contributed by atoms with Gasteiger partial charge in [0, 0.05) is 31.0 Å². The summed E-state index contributed by atoms with van der Waals surface area (Å²) >= 11 is 0. The maximum absolute atomic E-state index is 13.2. The normalized spacial score (nSPS) is 16.9. The van der Waals surface area contributed by atoms with Crippen molar-refractivity contribution >= 4 is 23.4 Å². The molecule has 7 nitrogen and oxygen atoms in total. The third kappa shape index (κ3) is 4.76. The summed E-state index contributed by atoms with van der Waals surface area (Å²) in [5.74, 6) is -0.452. The lowest BCUT2D eigenvalue weighted by Crippen LogP contribution is -2.37. The summed E-state index contributed by atoms with van der Waals surface area (Å²) in [6.45, 7) is 1.56. The van der Waals surface area contributed by atoms with Crippen LogP contribution in [0.1, 0.15) is 29.5 Å². The first-order chi connectivity index (χ1) is 13.8. The molecule has 154 valence electrons. The number of carbonyl (C=O) groups excluding carboxylic acids is 1. The Morgan fingerprint density at radius 3 is 2.76 bits per heavy atom. The number of nitrogens with one attached hydrogen (secondary N) is 2. The van der Waals surface area contributed by atoms with E-state index in [0.717, 1.165) is 36.6 Å². The molecule has 1 aliphatic carbocycles. The molecule has 2 heterocycles. The lowest BCUT2D eigenvalue weighted by molar-refractivity contribution is -0.137. The summed E-state index contributed by atoms with van der Waals surface area (Å²) in [5.41, 5.74) is 7.29. The third-order valence-electron chi connectivity index (χ3n) is 4.95. The minimum Gasteiger partial charge on any atom is -0.369 e. The van der Waals surface area contributed by atoms with E-state index in [9.17, 15) is 18.0 Å². The van der Waals surface area contributed by atoms with Crippen LogP contribution in [0.25, 0.3) is 0 Å². The van der Waals surface area contributed by atoms with Gasteiger partial charge in [-0.25, -0.2) is 4.98 Å². The Labute approximate surface area is 165 Å². The van der Waals surface area contributed by atoms with E-state index >= 15 is 0 Å². The fourth-order valence-corrected chi connectivity index (χ4v) is 3.35. The first-order valence-corrected chi connectivity index (χ1v) is 9.38. The first kappa shape index (κ1) is 19.4. The predicted octanol–water partition coefficient (Wildman–Crippen LogP) is 2.66. The van der Waals surface area contributed by atoms with Crippen molar-refractivity contribution in [1.82, 2.24) is 14.9 Å². The number of halogens is 3. The number of aromatic nitrogens is 2. The van der Waals surface area contributed by atoms with Crippen molar-refractivity contribution in [2.24, 2.45) is 5.73 Å². The number of alkyl halides is 3. The number of primary amides is 1. The van der Waals surface area contributed by atoms with Crippen LogP contribution in [0.15, 0.2) is 24.4 Å². The van der Waals surface area contributed by atoms with Crippen LogP contribution in [0.5, 0.6) is 0 Å². The van der Waals surface area contributed by atoms with Crippen molar-refractivity contribution in [2.45, 2.75) is 38.0 Å². The van der Waals surface area contributed by atoms with Crippen LogP contribution < -0.4 is 16.4 Å². The Morgan fingerprint density at radius 1 is 1.28 bits per heavy atom. The zero-order chi connectivity index (χ0) is 20.6. The van der Waals surface area contributed by atoms with E-state index in [-0.39, 0.29) is 30.3 Å². The fraction of sp³-hybridized carbons (Fsp3) is 0.421. The van der Waals surface area contributed by atoms with Crippen molar-refractivity contribution in [1.29, 1.82) is 0 Å². The van der Waals surface area contributed by atoms with E-state index in [1.165, 1.54) is 0 Å². The molecule has 1 aromatic heterocycles. The quantitative estimate of drug-likeness (QED) is 0.683. The molecule has 0 bridgehead atoms. The average molecular weight is 406 g/mol. The van der Waals surface area contributed by atoms with Crippen molar-refractivity contribution in [3.63, 3.8) is 0 Å². The van der Waals surface area contributed by atoms with Gasteiger partial charge < -0.3 is 16.4 Å². The van der Waals surface area contributed by atoms with Crippen LogP contribution >= 0.6 is 0 Å². The minimum atomic E-state index is -4.52. The van der Waals surface area contributed by atoms with Gasteiger partial charge in [0.15, 0.2) is 0 Å². The molecule has 1 aromatic carbocycles. The molecular weight excluding hydrogens is 385 g/mol. The molecule has 0 saturated heterocycles. The Kier molecular flexibility index (Phi) is 5.03. The second-order valence-corrected chi connectivity index (χ2v) is 7.41. The molecule has 1 amide bonds. The smallest absolute Gasteiger partial charge is 0.369 e. The topological polar surface area (TPSA) is 96.2 Å². The van der Waals surface area contributed by atoms with Crippen molar-refractivity contribution in [2.75, 3.05) is 23.7 Å². The van der Waals surface area contributed by atoms with E-state index in [1.54, 1.807) is 0 Å². The van der Waals surface area contributed by atoms with Gasteiger partial charge in [-0.1, -0.05) is 6.07 Å². The van der Waals surface area contributed by atoms with Gasteiger partial charge in [0.2, 0.25) is 11.9 Å². The monoisotopic (exact) mass is 406 g/mol. The van der Waals surface area contributed by atoms with Gasteiger partial charge in [0.25, 0.3) is 0 Å². The second kappa shape index (κ2) is 7.51. The summed E-state index contributed by atoms with van der Waals surface area (Å²) in [7, 11) is 0. The number of hydrogen-bond donors (Lipinski definition) is 3. The maximum Gasteiger partial charge on any atom is 0.421 e. The lowest BCUT2D eigenvalue weighted by atomic mass is 9.99. The maximum atomic E-state index is 13.2. The third-order valence-corrected chi connectivity index (χ3v) is 4.95. The summed E-state index contributed by atoms with van der Waals surface area (Å²) in [6.07, 6.45) is -1.29. The Morgan fingerprint density at radius 2 is 2.07 bits per heavy atom. The highest BCUT2D eigenvalue weighted by molar-refractivity contribution is 5.76. The van der Waals surface area contributed by atoms with Crippen LogP contribution in [0.4, 0.5) is 30.6 Å². The molecule has 0 atom stereocenters. The zero-order valence-electron chi connectivity index (χ0n) is 15.6. The number of amides is 1. The predicted molar refractivity (Wildman–Crippen MR) is 102 cm³/mol. The molecule has 2 aromatic rings. The van der Waals surface area contributed by atoms with E-state index < -0.39 is 11.7 Å². The van der Waals surface area contributed by atoms with Crippen LogP contribution in [0.3, 0.4) is 0 Å². The van der Waals surface area contributed by atoms with Crippen LogP contribution in [-0.4, -0.2) is 39.9 Å². The summed E-state index contributed by atoms with van der Waals surface area (Å²) in [6, 6.07) is 5.72. The van der Waals surface area contributed by atoms with Gasteiger partial charge in [-0.2, -0.15) is 18.2 Å². The molecule has 4 rings (SSSR count). The number of nitrogens with zero attached hydrogens (tertiary/aromatic N) is 3. The van der Waals surface area contributed by atoms with Crippen molar-refractivity contribution in [3.8, 4) is 0 Å². The van der Waals surface area contributed by atoms with E-state index in [0.29, 0.717) is 18.8 Å². The average Bonchev–Trinajstić information content (AvgIpc) is 3.44. The molecule has 29 heavy (non-hydrogen) atoms. The second-order valence-electron chi connectivity index (χ2n) is 7.41. The van der Waals surface area contributed by atoms with E-state index in [1.807, 2.05) is 23.1 Å². The number of fused-ring (bicyclic) bond motifs is 1. The summed E-state index contributed by atoms with van der Waals surface area (Å²) < 4.78 is 39.6. The number of benzene rings is 1. The standard InChI is InChI=1S/C19H21F3N6O/c20-19(21,22)15-8-24-18(27-17(15)25-13-3-4-13)26-14-2-1-12-9-28(10-16(23)29)6-5-11(12)7-14/h1-2,7-8,13H,3-6,9-10H2,(H2,23,29)(H2,24,25,26,27). The molecule has 1 fully saturated rings. The lowest BCUT2D eigenvalue weighted by Gasteiger charge is -2.28. The van der Waals surface area contributed by atoms with E-state index in [4.69, 9.17) is 5.73 Å². The SMILES string of the molecule is NC(=O)CN1CCc2cc(Nc3ncc(C(F)(F)F)c(NC4CC4)n3)ccc2C1. The molecule has 0 spiro atoms. The van der Waals surface area contributed by atoms with Crippen LogP contribution in [0, 0.1) is 0 Å². The molecule has 1 saturated carbocycles. The van der Waals surface area contributed by atoms with Gasteiger partial charge in [0.05, 0.1) is 6.54 Å². The molecule has 10 heteroatoms. The fourth-order valence-electron chi connectivity index (χ4n) is 3.35. The molecular formula is C19H21F3N6O. The van der Waals surface area contributed by atoms with Crippen molar-refractivity contribution in [3.05, 3.63) is 41.1 Å².